The van der Waals surface area contributed by atoms with E-state index in [1.807, 2.05) is 0 Å². The molecular formula is C15H11F2NO2. The summed E-state index contributed by atoms with van der Waals surface area (Å²) in [6.07, 6.45) is 0.751. The molecule has 1 aliphatic heterocycles. The number of ether oxygens (including phenoxy) is 1. The van der Waals surface area contributed by atoms with Gasteiger partial charge in [0.15, 0.2) is 0 Å². The molecule has 0 radical (unpaired) electrons. The van der Waals surface area contributed by atoms with Gasteiger partial charge in [-0.15, -0.1) is 0 Å². The molecule has 0 unspecified atom stereocenters. The number of hydrogen-bond acceptors (Lipinski definition) is 2. The van der Waals surface area contributed by atoms with E-state index in [1.165, 1.54) is 6.07 Å². The van der Waals surface area contributed by atoms with E-state index in [9.17, 15) is 13.6 Å². The van der Waals surface area contributed by atoms with Crippen molar-refractivity contribution >= 4 is 11.6 Å². The van der Waals surface area contributed by atoms with Crippen molar-refractivity contribution in [3.05, 3.63) is 59.2 Å². The molecule has 5 heteroatoms. The molecule has 20 heavy (non-hydrogen) atoms. The van der Waals surface area contributed by atoms with Gasteiger partial charge >= 0.3 is 0 Å². The second-order valence-electron chi connectivity index (χ2n) is 4.50. The van der Waals surface area contributed by atoms with Crippen LogP contribution in [0.4, 0.5) is 14.5 Å². The number of benzene rings is 2. The summed E-state index contributed by atoms with van der Waals surface area (Å²) in [6, 6.07) is 8.07. The minimum absolute atomic E-state index is 0.0480. The first-order valence-corrected chi connectivity index (χ1v) is 6.15. The second kappa shape index (κ2) is 4.92. The minimum atomic E-state index is -0.803. The smallest absolute Gasteiger partial charge is 0.255 e. The highest BCUT2D eigenvalue weighted by Crippen LogP contribution is 2.26. The van der Waals surface area contributed by atoms with E-state index in [4.69, 9.17) is 4.74 Å². The normalized spacial score (nSPS) is 12.7. The van der Waals surface area contributed by atoms with Crippen LogP contribution in [0.3, 0.4) is 0 Å². The molecular weight excluding hydrogens is 264 g/mol. The van der Waals surface area contributed by atoms with Gasteiger partial charge in [0, 0.05) is 18.1 Å². The van der Waals surface area contributed by atoms with Crippen LogP contribution < -0.4 is 10.1 Å². The molecule has 1 heterocycles. The van der Waals surface area contributed by atoms with Crippen molar-refractivity contribution < 1.29 is 18.3 Å². The molecule has 0 saturated carbocycles. The number of amides is 1. The lowest BCUT2D eigenvalue weighted by Gasteiger charge is -2.07. The van der Waals surface area contributed by atoms with Crippen LogP contribution in [0.15, 0.2) is 36.4 Å². The number of hydrogen-bond donors (Lipinski definition) is 1. The maximum Gasteiger partial charge on any atom is 0.255 e. The van der Waals surface area contributed by atoms with Gasteiger partial charge in [-0.1, -0.05) is 0 Å². The van der Waals surface area contributed by atoms with Crippen LogP contribution in [0.1, 0.15) is 15.9 Å². The zero-order chi connectivity index (χ0) is 14.1. The Labute approximate surface area is 114 Å². The molecule has 2 aromatic carbocycles. The number of fused-ring (bicyclic) bond motifs is 1. The van der Waals surface area contributed by atoms with Gasteiger partial charge in [-0.2, -0.15) is 0 Å². The molecule has 1 amide bonds. The number of halogens is 2. The average molecular weight is 275 g/mol. The predicted octanol–water partition coefficient (Wildman–Crippen LogP) is 3.15. The summed E-state index contributed by atoms with van der Waals surface area (Å²) in [4.78, 5) is 12.0. The van der Waals surface area contributed by atoms with Gasteiger partial charge in [0.1, 0.15) is 17.4 Å². The molecule has 0 saturated heterocycles. The van der Waals surface area contributed by atoms with Crippen LogP contribution in [0.2, 0.25) is 0 Å². The topological polar surface area (TPSA) is 38.3 Å². The first-order valence-electron chi connectivity index (χ1n) is 6.15. The highest BCUT2D eigenvalue weighted by Gasteiger charge is 2.16. The molecule has 1 aliphatic rings. The van der Waals surface area contributed by atoms with Crippen molar-refractivity contribution in [2.24, 2.45) is 0 Å². The van der Waals surface area contributed by atoms with Crippen LogP contribution in [0.25, 0.3) is 0 Å². The molecule has 0 fully saturated rings. The lowest BCUT2D eigenvalue weighted by molar-refractivity contribution is 0.102. The second-order valence-corrected chi connectivity index (χ2v) is 4.50. The van der Waals surface area contributed by atoms with E-state index < -0.39 is 17.5 Å². The summed E-state index contributed by atoms with van der Waals surface area (Å²) in [7, 11) is 0. The van der Waals surface area contributed by atoms with Crippen LogP contribution in [0, 0.1) is 11.6 Å². The lowest BCUT2D eigenvalue weighted by atomic mass is 10.1. The van der Waals surface area contributed by atoms with Gasteiger partial charge in [0.2, 0.25) is 0 Å². The highest BCUT2D eigenvalue weighted by molar-refractivity contribution is 6.04. The van der Waals surface area contributed by atoms with Crippen molar-refractivity contribution in [3.63, 3.8) is 0 Å². The summed E-state index contributed by atoms with van der Waals surface area (Å²) in [6.45, 7) is 0.604. The molecule has 1 N–H and O–H groups in total. The molecule has 0 aromatic heterocycles. The highest BCUT2D eigenvalue weighted by atomic mass is 19.1. The largest absolute Gasteiger partial charge is 0.493 e. The van der Waals surface area contributed by atoms with E-state index in [1.54, 1.807) is 18.2 Å². The summed E-state index contributed by atoms with van der Waals surface area (Å²) in [5, 5.41) is 2.42. The fraction of sp³-hybridized carbons (Fsp3) is 0.133. The quantitative estimate of drug-likeness (QED) is 0.914. The zero-order valence-electron chi connectivity index (χ0n) is 10.5. The number of carbonyl (C=O) groups excluding carboxylic acids is 1. The minimum Gasteiger partial charge on any atom is -0.493 e. The third-order valence-corrected chi connectivity index (χ3v) is 3.13. The molecule has 2 aromatic rings. The standard InChI is InChI=1S/C15H11F2NO2/c16-11-2-3-13(12(17)8-11)18-15(19)10-1-4-14-9(7-10)5-6-20-14/h1-4,7-8H,5-6H2,(H,18,19). The maximum absolute atomic E-state index is 13.5. The number of anilines is 1. The van der Waals surface area contributed by atoms with Gasteiger partial charge in [0.05, 0.1) is 12.3 Å². The van der Waals surface area contributed by atoms with Crippen LogP contribution >= 0.6 is 0 Å². The lowest BCUT2D eigenvalue weighted by Crippen LogP contribution is -2.13. The van der Waals surface area contributed by atoms with E-state index >= 15 is 0 Å². The Kier molecular flexibility index (Phi) is 3.10. The number of carbonyl (C=O) groups is 1. The zero-order valence-corrected chi connectivity index (χ0v) is 10.5. The third kappa shape index (κ3) is 2.34. The maximum atomic E-state index is 13.5. The number of rotatable bonds is 2. The van der Waals surface area contributed by atoms with Crippen molar-refractivity contribution in [1.82, 2.24) is 0 Å². The van der Waals surface area contributed by atoms with Gasteiger partial charge in [-0.3, -0.25) is 4.79 Å². The van der Waals surface area contributed by atoms with Crippen molar-refractivity contribution in [2.75, 3.05) is 11.9 Å². The first kappa shape index (κ1) is 12.6. The molecule has 0 atom stereocenters. The Morgan fingerprint density at radius 3 is 2.80 bits per heavy atom. The van der Waals surface area contributed by atoms with Gasteiger partial charge < -0.3 is 10.1 Å². The van der Waals surface area contributed by atoms with E-state index in [0.29, 0.717) is 12.2 Å². The van der Waals surface area contributed by atoms with Crippen LogP contribution in [0.5, 0.6) is 5.75 Å². The summed E-state index contributed by atoms with van der Waals surface area (Å²) >= 11 is 0. The van der Waals surface area contributed by atoms with Crippen LogP contribution in [-0.2, 0) is 6.42 Å². The van der Waals surface area contributed by atoms with E-state index in [-0.39, 0.29) is 5.69 Å². The Hall–Kier alpha value is -2.43. The SMILES string of the molecule is O=C(Nc1ccc(F)cc1F)c1ccc2c(c1)CCO2. The van der Waals surface area contributed by atoms with E-state index in [2.05, 4.69) is 5.32 Å². The first-order chi connectivity index (χ1) is 9.63. The third-order valence-electron chi connectivity index (χ3n) is 3.13. The fourth-order valence-corrected chi connectivity index (χ4v) is 2.11. The van der Waals surface area contributed by atoms with Crippen LogP contribution in [-0.4, -0.2) is 12.5 Å². The monoisotopic (exact) mass is 275 g/mol. The van der Waals surface area contributed by atoms with E-state index in [0.717, 1.165) is 29.9 Å². The van der Waals surface area contributed by atoms with Gasteiger partial charge in [-0.05, 0) is 35.9 Å². The van der Waals surface area contributed by atoms with Crippen molar-refractivity contribution in [1.29, 1.82) is 0 Å². The Balaban J connectivity index is 1.82. The molecule has 0 bridgehead atoms. The summed E-state index contributed by atoms with van der Waals surface area (Å²) in [5.74, 6) is -1.15. The average Bonchev–Trinajstić information content (AvgIpc) is 2.89. The van der Waals surface area contributed by atoms with Crippen molar-refractivity contribution in [2.45, 2.75) is 6.42 Å². The number of nitrogens with one attached hydrogen (secondary N) is 1. The van der Waals surface area contributed by atoms with Crippen molar-refractivity contribution in [3.8, 4) is 5.75 Å². The Morgan fingerprint density at radius 1 is 1.15 bits per heavy atom. The molecule has 102 valence electrons. The predicted molar refractivity (Wildman–Crippen MR) is 70.0 cm³/mol. The van der Waals surface area contributed by atoms with Gasteiger partial charge in [0.25, 0.3) is 5.91 Å². The summed E-state index contributed by atoms with van der Waals surface area (Å²) < 4.78 is 31.6. The Morgan fingerprint density at radius 2 is 2.00 bits per heavy atom. The Bertz CT molecular complexity index is 686. The molecule has 3 rings (SSSR count). The molecule has 3 nitrogen and oxygen atoms in total. The molecule has 0 aliphatic carbocycles. The molecule has 0 spiro atoms. The summed E-state index contributed by atoms with van der Waals surface area (Å²) in [5.41, 5.74) is 1.32. The fourth-order valence-electron chi connectivity index (χ4n) is 2.11. The van der Waals surface area contributed by atoms with Gasteiger partial charge in [-0.25, -0.2) is 8.78 Å².